The van der Waals surface area contributed by atoms with Gasteiger partial charge in [-0.05, 0) is 37.3 Å². The molecule has 1 aromatic carbocycles. The van der Waals surface area contributed by atoms with Gasteiger partial charge in [-0.2, -0.15) is 0 Å². The molecule has 242 valence electrons. The molecule has 2 aliphatic rings. The second-order valence-corrected chi connectivity index (χ2v) is 12.1. The average molecular weight is 614 g/mol. The van der Waals surface area contributed by atoms with E-state index in [-0.39, 0.29) is 41.4 Å². The molecule has 1 N–H and O–H groups in total. The number of carbonyl (C=O) groups excluding carboxylic acids is 4. The summed E-state index contributed by atoms with van der Waals surface area (Å²) in [5, 5.41) is 3.09. The molecule has 4 amide bonds. The van der Waals surface area contributed by atoms with E-state index in [1.54, 1.807) is 60.9 Å². The van der Waals surface area contributed by atoms with E-state index in [1.165, 1.54) is 9.47 Å². The van der Waals surface area contributed by atoms with Crippen molar-refractivity contribution in [1.82, 2.24) is 24.6 Å². The van der Waals surface area contributed by atoms with Crippen LogP contribution in [0.1, 0.15) is 63.0 Å². The maximum absolute atomic E-state index is 14.1. The monoisotopic (exact) mass is 613 g/mol. The van der Waals surface area contributed by atoms with Crippen molar-refractivity contribution in [3.8, 4) is 5.75 Å². The molecule has 44 heavy (non-hydrogen) atoms. The Balaban J connectivity index is 1.56. The number of nitrogens with zero attached hydrogens (tertiary/aromatic N) is 5. The Labute approximate surface area is 260 Å². The first kappa shape index (κ1) is 33.2. The van der Waals surface area contributed by atoms with Crippen LogP contribution < -0.4 is 14.6 Å². The summed E-state index contributed by atoms with van der Waals surface area (Å²) in [4.78, 5) is 59.5. The number of methoxy groups -OCH3 is 2. The molecule has 1 saturated carbocycles. The first-order valence-electron chi connectivity index (χ1n) is 15.8. The summed E-state index contributed by atoms with van der Waals surface area (Å²) in [6.07, 6.45) is 5.84. The Bertz CT molecular complexity index is 1340. The number of amides is 4. The lowest BCUT2D eigenvalue weighted by molar-refractivity contribution is -0.647. The van der Waals surface area contributed by atoms with E-state index in [0.29, 0.717) is 62.5 Å². The van der Waals surface area contributed by atoms with Crippen LogP contribution in [0.15, 0.2) is 18.2 Å². The van der Waals surface area contributed by atoms with Crippen molar-refractivity contribution in [1.29, 1.82) is 0 Å². The third-order valence-electron chi connectivity index (χ3n) is 9.28. The number of nitrogens with one attached hydrogen (secondary N) is 1. The molecule has 1 aliphatic carbocycles. The first-order chi connectivity index (χ1) is 21.1. The lowest BCUT2D eigenvalue weighted by Crippen LogP contribution is -2.59. The molecular formula is C32H49N6O6+. The molecule has 2 atom stereocenters. The number of ether oxygens (including phenoxy) is 2. The first-order valence-corrected chi connectivity index (χ1v) is 15.8. The van der Waals surface area contributed by atoms with Gasteiger partial charge < -0.3 is 29.5 Å². The minimum absolute atomic E-state index is 0.0673. The van der Waals surface area contributed by atoms with Gasteiger partial charge >= 0.3 is 17.8 Å². The molecule has 0 spiro atoms. The van der Waals surface area contributed by atoms with E-state index in [4.69, 9.17) is 9.47 Å². The van der Waals surface area contributed by atoms with Gasteiger partial charge in [0.1, 0.15) is 11.8 Å². The number of aromatic nitrogens is 2. The van der Waals surface area contributed by atoms with Crippen molar-refractivity contribution in [3.05, 3.63) is 24.0 Å². The van der Waals surface area contributed by atoms with Crippen LogP contribution in [0, 0.1) is 11.8 Å². The summed E-state index contributed by atoms with van der Waals surface area (Å²) in [5.41, 5.74) is 1.27. The van der Waals surface area contributed by atoms with Gasteiger partial charge in [-0.3, -0.25) is 14.4 Å². The fourth-order valence-corrected chi connectivity index (χ4v) is 6.19. The third-order valence-corrected chi connectivity index (χ3v) is 9.28. The molecule has 2 heterocycles. The zero-order valence-corrected chi connectivity index (χ0v) is 27.1. The highest BCUT2D eigenvalue weighted by atomic mass is 16.5. The number of likely N-dealkylation sites (N-methyl/N-ethyl adjacent to an activating group) is 1. The highest BCUT2D eigenvalue weighted by Crippen LogP contribution is 2.28. The number of hydrogen-bond acceptors (Lipinski definition) is 6. The zero-order valence-electron chi connectivity index (χ0n) is 27.1. The van der Waals surface area contributed by atoms with Crippen LogP contribution in [-0.4, -0.2) is 110 Å². The second-order valence-electron chi connectivity index (χ2n) is 12.1. The van der Waals surface area contributed by atoms with Gasteiger partial charge in [0.15, 0.2) is 11.0 Å². The van der Waals surface area contributed by atoms with Crippen LogP contribution in [0.3, 0.4) is 0 Å². The van der Waals surface area contributed by atoms with Crippen LogP contribution in [0.4, 0.5) is 4.79 Å². The van der Waals surface area contributed by atoms with Crippen molar-refractivity contribution in [2.45, 2.75) is 58.4 Å². The van der Waals surface area contributed by atoms with E-state index in [0.717, 1.165) is 32.1 Å². The fourth-order valence-electron chi connectivity index (χ4n) is 6.19. The molecule has 12 nitrogen and oxygen atoms in total. The highest BCUT2D eigenvalue weighted by molar-refractivity contribution is 5.99. The van der Waals surface area contributed by atoms with Gasteiger partial charge in [0.05, 0.1) is 20.8 Å². The third kappa shape index (κ3) is 7.00. The number of piperazine rings is 1. The van der Waals surface area contributed by atoms with E-state index in [9.17, 15) is 19.2 Å². The molecule has 0 unspecified atom stereocenters. The summed E-state index contributed by atoms with van der Waals surface area (Å²) < 4.78 is 13.8. The molecular weight excluding hydrogens is 564 g/mol. The SMILES string of the molecule is CC[C@@H](C)C(=O)N[C@H](C(=O)N1CCN(C(=O)c2n(C(=O)N(C)CCOC)c3ccc(OC)cc3[n+]2C)CC1)C1CCCCC1. The van der Waals surface area contributed by atoms with Crippen molar-refractivity contribution < 1.29 is 33.2 Å². The Morgan fingerprint density at radius 1 is 1.05 bits per heavy atom. The minimum atomic E-state index is -0.547. The Hall–Kier alpha value is -3.67. The number of carbonyl (C=O) groups is 4. The van der Waals surface area contributed by atoms with Crippen LogP contribution in [0.2, 0.25) is 0 Å². The Kier molecular flexibility index (Phi) is 11.2. The van der Waals surface area contributed by atoms with Gasteiger partial charge in [0, 0.05) is 58.9 Å². The number of hydrogen-bond donors (Lipinski definition) is 1. The molecule has 0 radical (unpaired) electrons. The molecule has 2 aromatic rings. The topological polar surface area (TPSA) is 117 Å². The van der Waals surface area contributed by atoms with E-state index >= 15 is 0 Å². The second kappa shape index (κ2) is 14.9. The quantitative estimate of drug-likeness (QED) is 0.412. The van der Waals surface area contributed by atoms with Crippen LogP contribution in [0.25, 0.3) is 11.0 Å². The van der Waals surface area contributed by atoms with Crippen LogP contribution in [-0.2, 0) is 21.4 Å². The average Bonchev–Trinajstić information content (AvgIpc) is 3.35. The molecule has 12 heteroatoms. The molecule has 4 rings (SSSR count). The summed E-state index contributed by atoms with van der Waals surface area (Å²) in [7, 11) is 6.59. The number of fused-ring (bicyclic) bond motifs is 1. The van der Waals surface area contributed by atoms with Crippen molar-refractivity contribution in [2.75, 3.05) is 60.6 Å². The molecule has 2 fully saturated rings. The smallest absolute Gasteiger partial charge is 0.416 e. The van der Waals surface area contributed by atoms with Crippen molar-refractivity contribution >= 4 is 34.8 Å². The summed E-state index contributed by atoms with van der Waals surface area (Å²) in [6.45, 7) is 5.93. The predicted molar refractivity (Wildman–Crippen MR) is 165 cm³/mol. The molecule has 1 aliphatic heterocycles. The maximum atomic E-state index is 14.1. The number of rotatable bonds is 10. The normalized spacial score (nSPS) is 17.3. The molecule has 0 bridgehead atoms. The standard InChI is InChI=1S/C32H48N6O6/c1-7-22(2)28(39)33-27(23-11-9-8-10-12-23)30(40)36-15-17-37(18-16-36)31(41)29-35(4)26-21-24(44-6)13-14-25(26)38(29)32(42)34(3)19-20-43-5/h13-14,21-23,27H,7-12,15-20H2,1-6H3/p+1/t22-,27+/m1/s1. The molecule has 1 saturated heterocycles. The summed E-state index contributed by atoms with van der Waals surface area (Å²) in [6, 6.07) is 4.46. The zero-order chi connectivity index (χ0) is 32.0. The largest absolute Gasteiger partial charge is 0.497 e. The van der Waals surface area contributed by atoms with Gasteiger partial charge in [-0.25, -0.2) is 9.36 Å². The lowest BCUT2D eigenvalue weighted by atomic mass is 9.83. The predicted octanol–water partition coefficient (Wildman–Crippen LogP) is 2.42. The van der Waals surface area contributed by atoms with Gasteiger partial charge in [0.25, 0.3) is 0 Å². The van der Waals surface area contributed by atoms with Gasteiger partial charge in [0.2, 0.25) is 11.8 Å². The maximum Gasteiger partial charge on any atom is 0.416 e. The number of benzene rings is 1. The van der Waals surface area contributed by atoms with Crippen LogP contribution >= 0.6 is 0 Å². The number of aryl methyl sites for hydroxylation is 1. The van der Waals surface area contributed by atoms with Crippen molar-refractivity contribution in [3.63, 3.8) is 0 Å². The summed E-state index contributed by atoms with van der Waals surface area (Å²) >= 11 is 0. The number of imidazole rings is 1. The van der Waals surface area contributed by atoms with Crippen molar-refractivity contribution in [2.24, 2.45) is 18.9 Å². The van der Waals surface area contributed by atoms with Gasteiger partial charge in [-0.1, -0.05) is 33.1 Å². The van der Waals surface area contributed by atoms with Gasteiger partial charge in [-0.15, -0.1) is 4.57 Å². The Morgan fingerprint density at radius 2 is 1.70 bits per heavy atom. The van der Waals surface area contributed by atoms with Crippen LogP contribution in [0.5, 0.6) is 5.75 Å². The Morgan fingerprint density at radius 3 is 2.32 bits per heavy atom. The van der Waals surface area contributed by atoms with E-state index in [1.807, 2.05) is 13.8 Å². The summed E-state index contributed by atoms with van der Waals surface area (Å²) in [5.74, 6) is 0.360. The lowest BCUT2D eigenvalue weighted by Gasteiger charge is -2.38. The highest BCUT2D eigenvalue weighted by Gasteiger charge is 2.40. The minimum Gasteiger partial charge on any atom is -0.497 e. The van der Waals surface area contributed by atoms with E-state index in [2.05, 4.69) is 5.32 Å². The van der Waals surface area contributed by atoms with E-state index < -0.39 is 6.04 Å². The molecule has 1 aromatic heterocycles. The fraction of sp³-hybridized carbons (Fsp3) is 0.656.